The van der Waals surface area contributed by atoms with Crippen molar-refractivity contribution in [3.05, 3.63) is 36.4 Å². The molecule has 0 amide bonds. The maximum Gasteiger partial charge on any atom is 0.344 e. The number of rotatable bonds is 7. The first kappa shape index (κ1) is 30.4. The second-order valence-corrected chi connectivity index (χ2v) is 11.0. The molecule has 1 saturated heterocycles. The van der Waals surface area contributed by atoms with Crippen molar-refractivity contribution in [3.8, 4) is 0 Å². The number of nitrogens with one attached hydrogen (secondary N) is 8. The number of quaternary nitrogens is 1. The van der Waals surface area contributed by atoms with E-state index in [4.69, 9.17) is 0 Å². The van der Waals surface area contributed by atoms with E-state index in [9.17, 15) is 0 Å². The largest absolute Gasteiger partial charge is 0.344 e. The minimum Gasteiger partial charge on any atom is -0.302 e. The zero-order chi connectivity index (χ0) is 32.2. The quantitative estimate of drug-likeness (QED) is 0.120. The standard InChI is InChI=1S/C24H41N24/c1-8-39(32-15-25-1)22-23(40-9-2-26-16-33-40)47(43-12-5-29-19-36-43)48(44-13-6-30-20-37-44,45-14-7-31-21-38-45)24(41-10-3-27-17-34-41)46(22)42-11-4-28-18-35-42/h1,3,5-6,8,10,15-17,21,24,28,35-37H,2,4,7,9,11-14,18-20H2,(H,25,32)(H,26,33)(H,27,34)(H,31,38)/q+1. The molecule has 1 fully saturated rings. The Hall–Kier alpha value is -4.92. The van der Waals surface area contributed by atoms with Crippen molar-refractivity contribution in [3.63, 3.8) is 0 Å². The van der Waals surface area contributed by atoms with Crippen molar-refractivity contribution in [2.24, 2.45) is 30.0 Å². The van der Waals surface area contributed by atoms with E-state index in [1.807, 2.05) is 34.8 Å². The Morgan fingerprint density at radius 3 is 2.15 bits per heavy atom. The van der Waals surface area contributed by atoms with Crippen LogP contribution in [0.3, 0.4) is 0 Å². The summed E-state index contributed by atoms with van der Waals surface area (Å²) in [6.45, 7) is 5.88. The van der Waals surface area contributed by atoms with Gasteiger partial charge in [-0.2, -0.15) is 10.4 Å². The van der Waals surface area contributed by atoms with Crippen LogP contribution in [0.25, 0.3) is 0 Å². The fourth-order valence-electron chi connectivity index (χ4n) is 6.38. The Bertz CT molecular complexity index is 1400. The topological polar surface area (TPSA) is 200 Å². The van der Waals surface area contributed by atoms with Gasteiger partial charge in [-0.3, -0.25) is 46.7 Å². The van der Waals surface area contributed by atoms with Gasteiger partial charge in [-0.25, -0.2) is 30.9 Å². The van der Waals surface area contributed by atoms with E-state index in [1.54, 1.807) is 37.8 Å². The van der Waals surface area contributed by atoms with E-state index in [0.717, 1.165) is 18.2 Å². The summed E-state index contributed by atoms with van der Waals surface area (Å²) in [5.41, 5.74) is 24.6. The van der Waals surface area contributed by atoms with Crippen LogP contribution in [0.2, 0.25) is 0 Å². The van der Waals surface area contributed by atoms with Gasteiger partial charge in [-0.15, -0.1) is 5.12 Å². The summed E-state index contributed by atoms with van der Waals surface area (Å²) in [5.74, 6) is 1.54. The van der Waals surface area contributed by atoms with E-state index < -0.39 is 6.29 Å². The molecule has 0 bridgehead atoms. The molecule has 2 unspecified atom stereocenters. The van der Waals surface area contributed by atoms with Crippen LogP contribution in [0.5, 0.6) is 0 Å². The number of hydrogen-bond acceptors (Lipinski definition) is 23. The van der Waals surface area contributed by atoms with Gasteiger partial charge < -0.3 is 5.32 Å². The normalized spacial score (nSPS) is 30.2. The zero-order valence-corrected chi connectivity index (χ0v) is 26.3. The van der Waals surface area contributed by atoms with Gasteiger partial charge in [-0.05, 0) is 10.2 Å². The van der Waals surface area contributed by atoms with Crippen LogP contribution in [0.15, 0.2) is 66.4 Å². The minimum atomic E-state index is -0.650. The molecule has 256 valence electrons. The highest BCUT2D eigenvalue weighted by Gasteiger charge is 2.69. The van der Waals surface area contributed by atoms with Crippen LogP contribution in [-0.2, 0) is 0 Å². The van der Waals surface area contributed by atoms with Crippen molar-refractivity contribution >= 4 is 37.8 Å². The average molecular weight is 666 g/mol. The van der Waals surface area contributed by atoms with Crippen LogP contribution in [0.4, 0.5) is 0 Å². The highest BCUT2D eigenvalue weighted by atomic mass is 16.3. The van der Waals surface area contributed by atoms with Gasteiger partial charge in [0.25, 0.3) is 0 Å². The third-order valence-electron chi connectivity index (χ3n) is 8.35. The Balaban J connectivity index is 1.46. The predicted molar refractivity (Wildman–Crippen MR) is 175 cm³/mol. The number of nitrogens with zero attached hydrogens (tertiary/aromatic N) is 16. The molecule has 0 aliphatic carbocycles. The lowest BCUT2D eigenvalue weighted by Gasteiger charge is -2.65. The van der Waals surface area contributed by atoms with Gasteiger partial charge in [-0.1, -0.05) is 10.2 Å². The summed E-state index contributed by atoms with van der Waals surface area (Å²) in [6.07, 6.45) is 17.4. The highest BCUT2D eigenvalue weighted by molar-refractivity contribution is 5.60. The van der Waals surface area contributed by atoms with Crippen molar-refractivity contribution < 1.29 is 4.81 Å². The Labute approximate surface area is 276 Å². The second kappa shape index (κ2) is 13.7. The highest BCUT2D eigenvalue weighted by Crippen LogP contribution is 2.43. The first-order chi connectivity index (χ1) is 23.9. The van der Waals surface area contributed by atoms with Crippen LogP contribution < -0.4 is 43.3 Å². The lowest BCUT2D eigenvalue weighted by atomic mass is 10.4. The van der Waals surface area contributed by atoms with Crippen LogP contribution in [0.1, 0.15) is 0 Å². The van der Waals surface area contributed by atoms with Gasteiger partial charge in [0.1, 0.15) is 45.2 Å². The molecule has 48 heavy (non-hydrogen) atoms. The van der Waals surface area contributed by atoms with Crippen LogP contribution >= 0.6 is 0 Å². The fraction of sp³-hybridized carbons (Fsp3) is 0.500. The maximum atomic E-state index is 4.55. The van der Waals surface area contributed by atoms with Crippen molar-refractivity contribution in [1.29, 1.82) is 0 Å². The first-order valence-corrected chi connectivity index (χ1v) is 15.8. The van der Waals surface area contributed by atoms with Crippen LogP contribution in [0, 0.1) is 0 Å². The molecule has 0 saturated carbocycles. The molecule has 0 aromatic heterocycles. The second-order valence-electron chi connectivity index (χ2n) is 11.0. The summed E-state index contributed by atoms with van der Waals surface area (Å²) in [6, 6.07) is 0. The van der Waals surface area contributed by atoms with E-state index >= 15 is 0 Å². The van der Waals surface area contributed by atoms with E-state index in [2.05, 4.69) is 109 Å². The van der Waals surface area contributed by atoms with Gasteiger partial charge >= 0.3 is 6.29 Å². The van der Waals surface area contributed by atoms with Gasteiger partial charge in [0.05, 0.1) is 39.4 Å². The molecule has 2 atom stereocenters. The molecule has 24 heteroatoms. The molecule has 8 aliphatic heterocycles. The summed E-state index contributed by atoms with van der Waals surface area (Å²) >= 11 is 0. The molecule has 0 spiro atoms. The summed E-state index contributed by atoms with van der Waals surface area (Å²) in [4.78, 5) is 26.8. The Kier molecular flexibility index (Phi) is 8.66. The molecule has 24 nitrogen and oxygen atoms in total. The number of hydrogen-bond donors (Lipinski definition) is 8. The lowest BCUT2D eigenvalue weighted by Crippen LogP contribution is -2.94. The molecule has 0 aromatic rings. The average Bonchev–Trinajstić information content (AvgIpc) is 3.19. The number of hydrazine groups is 9. The lowest BCUT2D eigenvalue weighted by molar-refractivity contribution is -1.26. The Morgan fingerprint density at radius 1 is 0.688 bits per heavy atom. The third-order valence-corrected chi connectivity index (χ3v) is 8.35. The van der Waals surface area contributed by atoms with Gasteiger partial charge in [0.15, 0.2) is 0 Å². The van der Waals surface area contributed by atoms with Crippen molar-refractivity contribution in [1.82, 2.24) is 88.9 Å². The van der Waals surface area contributed by atoms with Gasteiger partial charge in [0.2, 0.25) is 11.6 Å². The summed E-state index contributed by atoms with van der Waals surface area (Å²) in [7, 11) is 0. The monoisotopic (exact) mass is 665 g/mol. The molecular formula is C24H41N24+. The van der Waals surface area contributed by atoms with E-state index in [1.165, 1.54) is 0 Å². The fourth-order valence-corrected chi connectivity index (χ4v) is 6.38. The molecular weight excluding hydrogens is 624 g/mol. The molecule has 0 radical (unpaired) electrons. The molecule has 8 N–H and O–H groups in total. The summed E-state index contributed by atoms with van der Waals surface area (Å²) < 4.78 is 0. The molecule has 8 aliphatic rings. The zero-order valence-electron chi connectivity index (χ0n) is 26.3. The summed E-state index contributed by atoms with van der Waals surface area (Å²) in [5, 5.41) is 22.5. The molecule has 0 aromatic carbocycles. The SMILES string of the molecule is C1=CN(C2=C(N3CCN=CN3)N(N3CC=NCN3)[N+](N3CCN=CN3)(N3CC=NCN3)C(N3C=CN=CN3)N2N2CCNCN2)NC=N1. The smallest absolute Gasteiger partial charge is 0.302 e. The number of aliphatic imine (C=N–C) groups is 6. The molecule has 8 heterocycles. The van der Waals surface area contributed by atoms with Crippen LogP contribution in [-0.4, -0.2) is 167 Å². The molecule has 8 rings (SSSR count). The van der Waals surface area contributed by atoms with Crippen molar-refractivity contribution in [2.45, 2.75) is 6.29 Å². The minimum absolute atomic E-state index is 0.0462. The van der Waals surface area contributed by atoms with E-state index in [0.29, 0.717) is 65.8 Å². The van der Waals surface area contributed by atoms with Crippen molar-refractivity contribution in [2.75, 3.05) is 72.4 Å². The third kappa shape index (κ3) is 5.35. The van der Waals surface area contributed by atoms with E-state index in [-0.39, 0.29) is 4.81 Å². The maximum absolute atomic E-state index is 4.55. The Morgan fingerprint density at radius 2 is 1.50 bits per heavy atom. The van der Waals surface area contributed by atoms with Gasteiger partial charge in [0, 0.05) is 55.1 Å². The predicted octanol–water partition coefficient (Wildman–Crippen LogP) is -5.19. The first-order valence-electron chi connectivity index (χ1n) is 15.8.